The Morgan fingerprint density at radius 3 is 2.07 bits per heavy atom. The molecule has 236 valence electrons. The van der Waals surface area contributed by atoms with Crippen LogP contribution in [0.3, 0.4) is 0 Å². The zero-order chi connectivity index (χ0) is 32.6. The predicted molar refractivity (Wildman–Crippen MR) is 181 cm³/mol. The molecular formula is C35H37Cl2N3O4S. The molecular weight excluding hydrogens is 629 g/mol. The van der Waals surface area contributed by atoms with E-state index in [1.807, 2.05) is 44.2 Å². The van der Waals surface area contributed by atoms with E-state index in [9.17, 15) is 18.0 Å². The van der Waals surface area contributed by atoms with Gasteiger partial charge in [0.1, 0.15) is 12.6 Å². The minimum absolute atomic E-state index is 0.0248. The van der Waals surface area contributed by atoms with Crippen LogP contribution in [-0.4, -0.2) is 43.8 Å². The normalized spacial score (nSPS) is 12.6. The fourth-order valence-corrected chi connectivity index (χ4v) is 6.67. The van der Waals surface area contributed by atoms with Gasteiger partial charge < -0.3 is 10.2 Å². The van der Waals surface area contributed by atoms with E-state index in [1.165, 1.54) is 17.0 Å². The van der Waals surface area contributed by atoms with Crippen molar-refractivity contribution in [1.82, 2.24) is 10.2 Å². The summed E-state index contributed by atoms with van der Waals surface area (Å²) in [5.74, 6) is -0.879. The largest absolute Gasteiger partial charge is 0.352 e. The molecule has 0 radical (unpaired) electrons. The number of rotatable bonds is 13. The Kier molecular flexibility index (Phi) is 11.7. The molecule has 4 aromatic carbocycles. The SMILES string of the molecule is CC[C@H](C)NC(=O)[C@H](Cc1ccccc1)N(Cc1ccc(Cl)cc1)C(=O)CN(c1cccc(Cl)c1C)S(=O)(=O)c1ccccc1. The molecule has 4 aromatic rings. The molecule has 45 heavy (non-hydrogen) atoms. The molecule has 2 amide bonds. The summed E-state index contributed by atoms with van der Waals surface area (Å²) < 4.78 is 29.4. The lowest BCUT2D eigenvalue weighted by atomic mass is 10.0. The van der Waals surface area contributed by atoms with E-state index in [2.05, 4.69) is 5.32 Å². The van der Waals surface area contributed by atoms with Gasteiger partial charge in [-0.05, 0) is 73.4 Å². The van der Waals surface area contributed by atoms with Crippen molar-refractivity contribution < 1.29 is 18.0 Å². The minimum atomic E-state index is -4.22. The lowest BCUT2D eigenvalue weighted by Crippen LogP contribution is -2.54. The van der Waals surface area contributed by atoms with E-state index in [1.54, 1.807) is 67.6 Å². The van der Waals surface area contributed by atoms with E-state index < -0.39 is 28.5 Å². The van der Waals surface area contributed by atoms with Gasteiger partial charge in [-0.25, -0.2) is 8.42 Å². The number of hydrogen-bond acceptors (Lipinski definition) is 4. The van der Waals surface area contributed by atoms with Gasteiger partial charge in [0.2, 0.25) is 11.8 Å². The molecule has 0 aliphatic heterocycles. The van der Waals surface area contributed by atoms with Gasteiger partial charge in [0.05, 0.1) is 10.6 Å². The van der Waals surface area contributed by atoms with Crippen molar-refractivity contribution in [2.24, 2.45) is 0 Å². The smallest absolute Gasteiger partial charge is 0.264 e. The van der Waals surface area contributed by atoms with E-state index in [0.717, 1.165) is 15.4 Å². The van der Waals surface area contributed by atoms with Crippen LogP contribution in [0, 0.1) is 6.92 Å². The first-order chi connectivity index (χ1) is 21.5. The first kappa shape index (κ1) is 34.0. The number of nitrogens with one attached hydrogen (secondary N) is 1. The Hall–Kier alpha value is -3.85. The van der Waals surface area contributed by atoms with Gasteiger partial charge in [0, 0.05) is 29.1 Å². The molecule has 1 N–H and O–H groups in total. The van der Waals surface area contributed by atoms with Crippen molar-refractivity contribution in [3.8, 4) is 0 Å². The van der Waals surface area contributed by atoms with E-state index >= 15 is 0 Å². The number of carbonyl (C=O) groups excluding carboxylic acids is 2. The summed E-state index contributed by atoms with van der Waals surface area (Å²) in [6, 6.07) is 28.2. The summed E-state index contributed by atoms with van der Waals surface area (Å²) >= 11 is 12.6. The summed E-state index contributed by atoms with van der Waals surface area (Å²) in [7, 11) is -4.22. The third-order valence-corrected chi connectivity index (χ3v) is 10.1. The first-order valence-electron chi connectivity index (χ1n) is 14.7. The number of hydrogen-bond donors (Lipinski definition) is 1. The highest BCUT2D eigenvalue weighted by Crippen LogP contribution is 2.31. The van der Waals surface area contributed by atoms with Gasteiger partial charge in [-0.15, -0.1) is 0 Å². The van der Waals surface area contributed by atoms with Crippen LogP contribution in [0.25, 0.3) is 0 Å². The summed E-state index contributed by atoms with van der Waals surface area (Å²) in [6.45, 7) is 5.06. The highest BCUT2D eigenvalue weighted by molar-refractivity contribution is 7.92. The van der Waals surface area contributed by atoms with Crippen LogP contribution in [-0.2, 0) is 32.6 Å². The molecule has 0 fully saturated rings. The van der Waals surface area contributed by atoms with Gasteiger partial charge in [-0.3, -0.25) is 13.9 Å². The number of halogens is 2. The number of sulfonamides is 1. The van der Waals surface area contributed by atoms with Crippen LogP contribution in [0.1, 0.15) is 37.0 Å². The number of benzene rings is 4. The molecule has 0 aliphatic rings. The minimum Gasteiger partial charge on any atom is -0.352 e. The second-order valence-electron chi connectivity index (χ2n) is 10.9. The van der Waals surface area contributed by atoms with Crippen LogP contribution >= 0.6 is 23.2 Å². The molecule has 0 bridgehead atoms. The third-order valence-electron chi connectivity index (χ3n) is 7.66. The zero-order valence-corrected chi connectivity index (χ0v) is 27.8. The quantitative estimate of drug-likeness (QED) is 0.166. The highest BCUT2D eigenvalue weighted by Gasteiger charge is 2.35. The summed E-state index contributed by atoms with van der Waals surface area (Å²) in [5, 5.41) is 3.93. The molecule has 0 saturated carbocycles. The molecule has 7 nitrogen and oxygen atoms in total. The van der Waals surface area contributed by atoms with Crippen molar-refractivity contribution >= 4 is 50.7 Å². The van der Waals surface area contributed by atoms with Crippen LogP contribution in [0.2, 0.25) is 10.0 Å². The molecule has 0 unspecified atom stereocenters. The second kappa shape index (κ2) is 15.4. The van der Waals surface area contributed by atoms with Gasteiger partial charge in [-0.2, -0.15) is 0 Å². The molecule has 0 aromatic heterocycles. The molecule has 0 aliphatic carbocycles. The van der Waals surface area contributed by atoms with E-state index in [-0.39, 0.29) is 35.5 Å². The predicted octanol–water partition coefficient (Wildman–Crippen LogP) is 7.05. The Balaban J connectivity index is 1.83. The summed E-state index contributed by atoms with van der Waals surface area (Å²) in [5.41, 5.74) is 2.37. The topological polar surface area (TPSA) is 86.8 Å². The molecule has 10 heteroatoms. The fraction of sp³-hybridized carbons (Fsp3) is 0.257. The standard InChI is InChI=1S/C35H37Cl2N3O4S/c1-4-25(2)38-35(42)33(22-27-12-7-5-8-13-27)39(23-28-18-20-29(36)21-19-28)34(41)24-40(32-17-11-16-31(37)26(32)3)45(43,44)30-14-9-6-10-15-30/h5-21,25,33H,4,22-24H2,1-3H3,(H,38,42)/t25-,33-/m0/s1. The lowest BCUT2D eigenvalue weighted by Gasteiger charge is -2.34. The number of carbonyl (C=O) groups is 2. The number of amides is 2. The van der Waals surface area contributed by atoms with Gasteiger partial charge >= 0.3 is 0 Å². The van der Waals surface area contributed by atoms with Gasteiger partial charge in [0.25, 0.3) is 10.0 Å². The monoisotopic (exact) mass is 665 g/mol. The highest BCUT2D eigenvalue weighted by atomic mass is 35.5. The number of anilines is 1. The van der Waals surface area contributed by atoms with Crippen LogP contribution in [0.5, 0.6) is 0 Å². The van der Waals surface area contributed by atoms with Gasteiger partial charge in [-0.1, -0.05) is 96.9 Å². The Bertz CT molecular complexity index is 1700. The fourth-order valence-electron chi connectivity index (χ4n) is 4.88. The van der Waals surface area contributed by atoms with Crippen molar-refractivity contribution in [2.75, 3.05) is 10.8 Å². The summed E-state index contributed by atoms with van der Waals surface area (Å²) in [4.78, 5) is 29.9. The van der Waals surface area contributed by atoms with Crippen LogP contribution in [0.15, 0.2) is 108 Å². The van der Waals surface area contributed by atoms with Crippen molar-refractivity contribution in [3.05, 3.63) is 130 Å². The average molecular weight is 667 g/mol. The maximum Gasteiger partial charge on any atom is 0.264 e. The van der Waals surface area contributed by atoms with E-state index in [4.69, 9.17) is 23.2 Å². The molecule has 0 saturated heterocycles. The maximum absolute atomic E-state index is 14.5. The Labute approximate surface area is 275 Å². The van der Waals surface area contributed by atoms with Crippen LogP contribution < -0.4 is 9.62 Å². The van der Waals surface area contributed by atoms with Crippen molar-refractivity contribution in [2.45, 2.75) is 57.1 Å². The van der Waals surface area contributed by atoms with Gasteiger partial charge in [0.15, 0.2) is 0 Å². The Morgan fingerprint density at radius 2 is 1.44 bits per heavy atom. The van der Waals surface area contributed by atoms with E-state index in [0.29, 0.717) is 22.0 Å². The maximum atomic E-state index is 14.5. The lowest BCUT2D eigenvalue weighted by molar-refractivity contribution is -0.140. The zero-order valence-electron chi connectivity index (χ0n) is 25.5. The second-order valence-corrected chi connectivity index (χ2v) is 13.6. The third kappa shape index (κ3) is 8.66. The molecule has 4 rings (SSSR count). The number of nitrogens with zero attached hydrogens (tertiary/aromatic N) is 2. The molecule has 0 spiro atoms. The van der Waals surface area contributed by atoms with Crippen molar-refractivity contribution in [1.29, 1.82) is 0 Å². The Morgan fingerprint density at radius 1 is 0.822 bits per heavy atom. The van der Waals surface area contributed by atoms with Crippen molar-refractivity contribution in [3.63, 3.8) is 0 Å². The molecule has 0 heterocycles. The average Bonchev–Trinajstić information content (AvgIpc) is 3.04. The first-order valence-corrected chi connectivity index (χ1v) is 16.9. The van der Waals surface area contributed by atoms with Crippen LogP contribution in [0.4, 0.5) is 5.69 Å². The molecule has 2 atom stereocenters. The summed E-state index contributed by atoms with van der Waals surface area (Å²) in [6.07, 6.45) is 0.927.